The summed E-state index contributed by atoms with van der Waals surface area (Å²) < 4.78 is 0. The van der Waals surface area contributed by atoms with Crippen molar-refractivity contribution >= 4 is 0 Å². The van der Waals surface area contributed by atoms with Gasteiger partial charge in [0.1, 0.15) is 0 Å². The summed E-state index contributed by atoms with van der Waals surface area (Å²) in [5.41, 5.74) is 9.43. The number of nitrogens with two attached hydrogens (primary N) is 1. The van der Waals surface area contributed by atoms with Gasteiger partial charge in [0.25, 0.3) is 0 Å². The molecule has 1 unspecified atom stereocenters. The highest BCUT2D eigenvalue weighted by Gasteiger charge is 2.12. The van der Waals surface area contributed by atoms with E-state index in [0.717, 1.165) is 12.1 Å². The number of nitrogens with zero attached hydrogens (tertiary/aromatic N) is 1. The lowest BCUT2D eigenvalue weighted by atomic mass is 9.95. The number of aromatic nitrogens is 1. The molecule has 2 heteroatoms. The van der Waals surface area contributed by atoms with E-state index >= 15 is 0 Å². The van der Waals surface area contributed by atoms with Crippen LogP contribution in [0.3, 0.4) is 0 Å². The molecule has 1 atom stereocenters. The van der Waals surface area contributed by atoms with E-state index < -0.39 is 0 Å². The number of rotatable bonds is 2. The first-order valence-corrected chi connectivity index (χ1v) is 5.18. The second kappa shape index (κ2) is 3.93. The van der Waals surface area contributed by atoms with Crippen molar-refractivity contribution < 1.29 is 0 Å². The van der Waals surface area contributed by atoms with Crippen molar-refractivity contribution in [3.63, 3.8) is 0 Å². The predicted octanol–water partition coefficient (Wildman–Crippen LogP) is 2.15. The second-order valence-corrected chi connectivity index (χ2v) is 3.81. The Bertz CT molecular complexity index is 344. The van der Waals surface area contributed by atoms with E-state index in [4.69, 9.17) is 5.73 Å². The molecule has 0 fully saturated rings. The van der Waals surface area contributed by atoms with Crippen molar-refractivity contribution in [2.45, 2.75) is 31.7 Å². The molecule has 1 aliphatic rings. The van der Waals surface area contributed by atoms with Gasteiger partial charge in [0, 0.05) is 5.69 Å². The maximum absolute atomic E-state index is 5.85. The van der Waals surface area contributed by atoms with Crippen molar-refractivity contribution in [3.05, 3.63) is 41.7 Å². The van der Waals surface area contributed by atoms with Crippen molar-refractivity contribution in [1.82, 2.24) is 4.98 Å². The molecule has 1 heterocycles. The topological polar surface area (TPSA) is 38.9 Å². The van der Waals surface area contributed by atoms with Gasteiger partial charge in [-0.15, -0.1) is 6.58 Å². The number of hydrogen-bond donors (Lipinski definition) is 1. The fourth-order valence-corrected chi connectivity index (χ4v) is 1.91. The lowest BCUT2D eigenvalue weighted by Gasteiger charge is -2.16. The lowest BCUT2D eigenvalue weighted by molar-refractivity contribution is 0.659. The molecular weight excluding hydrogens is 172 g/mol. The van der Waals surface area contributed by atoms with Crippen LogP contribution in [0.4, 0.5) is 0 Å². The standard InChI is InChI=1S/C12H16N2/c1-2-10(13)12-8-7-9-5-3-4-6-11(9)14-12/h2,7-8,10H,1,3-6,13H2. The van der Waals surface area contributed by atoms with Gasteiger partial charge in [0.2, 0.25) is 0 Å². The van der Waals surface area contributed by atoms with Crippen molar-refractivity contribution in [2.24, 2.45) is 5.73 Å². The summed E-state index contributed by atoms with van der Waals surface area (Å²) in [6, 6.07) is 4.07. The number of fused-ring (bicyclic) bond motifs is 1. The van der Waals surface area contributed by atoms with Gasteiger partial charge in [0.15, 0.2) is 0 Å². The molecule has 2 nitrogen and oxygen atoms in total. The monoisotopic (exact) mass is 188 g/mol. The number of hydrogen-bond acceptors (Lipinski definition) is 2. The Morgan fingerprint density at radius 2 is 2.14 bits per heavy atom. The van der Waals surface area contributed by atoms with E-state index in [9.17, 15) is 0 Å². The molecule has 0 bridgehead atoms. The van der Waals surface area contributed by atoms with Crippen LogP contribution in [-0.2, 0) is 12.8 Å². The molecule has 74 valence electrons. The third-order valence-electron chi connectivity index (χ3n) is 2.80. The largest absolute Gasteiger partial charge is 0.319 e. The molecular formula is C12H16N2. The molecule has 0 saturated heterocycles. The first kappa shape index (κ1) is 9.41. The van der Waals surface area contributed by atoms with Gasteiger partial charge in [-0.1, -0.05) is 12.1 Å². The quantitative estimate of drug-likeness (QED) is 0.722. The number of pyridine rings is 1. The van der Waals surface area contributed by atoms with Gasteiger partial charge in [-0.05, 0) is 37.3 Å². The molecule has 1 aromatic heterocycles. The van der Waals surface area contributed by atoms with Crippen LogP contribution in [0, 0.1) is 0 Å². The lowest BCUT2D eigenvalue weighted by Crippen LogP contribution is -2.13. The van der Waals surface area contributed by atoms with E-state index in [1.807, 2.05) is 6.07 Å². The molecule has 0 spiro atoms. The average molecular weight is 188 g/mol. The van der Waals surface area contributed by atoms with Crippen molar-refractivity contribution in [1.29, 1.82) is 0 Å². The summed E-state index contributed by atoms with van der Waals surface area (Å²) in [4.78, 5) is 4.59. The SMILES string of the molecule is C=CC(N)c1ccc2c(n1)CCCC2. The molecule has 0 radical (unpaired) electrons. The average Bonchev–Trinajstić information content (AvgIpc) is 2.27. The zero-order valence-corrected chi connectivity index (χ0v) is 8.37. The highest BCUT2D eigenvalue weighted by Crippen LogP contribution is 2.21. The van der Waals surface area contributed by atoms with E-state index in [1.165, 1.54) is 30.5 Å². The van der Waals surface area contributed by atoms with Crippen molar-refractivity contribution in [2.75, 3.05) is 0 Å². The molecule has 2 rings (SSSR count). The van der Waals surface area contributed by atoms with Crippen LogP contribution >= 0.6 is 0 Å². The van der Waals surface area contributed by atoms with Crippen LogP contribution in [0.2, 0.25) is 0 Å². The zero-order valence-electron chi connectivity index (χ0n) is 8.37. The summed E-state index contributed by atoms with van der Waals surface area (Å²) in [6.45, 7) is 3.68. The van der Waals surface area contributed by atoms with E-state index in [-0.39, 0.29) is 6.04 Å². The molecule has 0 aromatic carbocycles. The van der Waals surface area contributed by atoms with E-state index in [1.54, 1.807) is 6.08 Å². The molecule has 0 aliphatic heterocycles. The van der Waals surface area contributed by atoms with Gasteiger partial charge in [0.05, 0.1) is 11.7 Å². The van der Waals surface area contributed by atoms with Gasteiger partial charge in [-0.2, -0.15) is 0 Å². The molecule has 0 amide bonds. The summed E-state index contributed by atoms with van der Waals surface area (Å²) in [5, 5.41) is 0. The molecule has 14 heavy (non-hydrogen) atoms. The third-order valence-corrected chi connectivity index (χ3v) is 2.80. The highest BCUT2D eigenvalue weighted by atomic mass is 14.8. The fourth-order valence-electron chi connectivity index (χ4n) is 1.91. The van der Waals surface area contributed by atoms with Crippen molar-refractivity contribution in [3.8, 4) is 0 Å². The first-order valence-electron chi connectivity index (χ1n) is 5.18. The first-order chi connectivity index (χ1) is 6.81. The fraction of sp³-hybridized carbons (Fsp3) is 0.417. The predicted molar refractivity (Wildman–Crippen MR) is 58.0 cm³/mol. The van der Waals surface area contributed by atoms with Crippen LogP contribution in [0.1, 0.15) is 35.8 Å². The number of aryl methyl sites for hydroxylation is 2. The second-order valence-electron chi connectivity index (χ2n) is 3.81. The van der Waals surface area contributed by atoms with Gasteiger partial charge in [-0.25, -0.2) is 0 Å². The molecule has 2 N–H and O–H groups in total. The molecule has 1 aromatic rings. The van der Waals surface area contributed by atoms with Crippen LogP contribution in [0.25, 0.3) is 0 Å². The minimum absolute atomic E-state index is 0.123. The van der Waals surface area contributed by atoms with E-state index in [2.05, 4.69) is 17.6 Å². The third kappa shape index (κ3) is 1.70. The maximum Gasteiger partial charge on any atom is 0.0653 e. The Balaban J connectivity index is 2.33. The van der Waals surface area contributed by atoms with Crippen LogP contribution in [0.15, 0.2) is 24.8 Å². The minimum atomic E-state index is -0.123. The Hall–Kier alpha value is -1.15. The minimum Gasteiger partial charge on any atom is -0.319 e. The van der Waals surface area contributed by atoms with Gasteiger partial charge < -0.3 is 5.73 Å². The van der Waals surface area contributed by atoms with Crippen LogP contribution in [-0.4, -0.2) is 4.98 Å². The van der Waals surface area contributed by atoms with Gasteiger partial charge >= 0.3 is 0 Å². The zero-order chi connectivity index (χ0) is 9.97. The van der Waals surface area contributed by atoms with Crippen LogP contribution in [0.5, 0.6) is 0 Å². The van der Waals surface area contributed by atoms with E-state index in [0.29, 0.717) is 0 Å². The summed E-state index contributed by atoms with van der Waals surface area (Å²) in [6.07, 6.45) is 6.56. The maximum atomic E-state index is 5.85. The molecule has 1 aliphatic carbocycles. The Labute approximate surface area is 84.9 Å². The smallest absolute Gasteiger partial charge is 0.0653 e. The summed E-state index contributed by atoms with van der Waals surface area (Å²) >= 11 is 0. The normalized spacial score (nSPS) is 17.2. The Morgan fingerprint density at radius 3 is 2.93 bits per heavy atom. The van der Waals surface area contributed by atoms with Crippen LogP contribution < -0.4 is 5.73 Å². The summed E-state index contributed by atoms with van der Waals surface area (Å²) in [5.74, 6) is 0. The highest BCUT2D eigenvalue weighted by molar-refractivity contribution is 5.27. The molecule has 0 saturated carbocycles. The van der Waals surface area contributed by atoms with Gasteiger partial charge in [-0.3, -0.25) is 4.98 Å². The Kier molecular flexibility index (Phi) is 2.64. The summed E-state index contributed by atoms with van der Waals surface area (Å²) in [7, 11) is 0. The Morgan fingerprint density at radius 1 is 1.36 bits per heavy atom.